The van der Waals surface area contributed by atoms with Gasteiger partial charge in [-0.3, -0.25) is 4.79 Å². The molecule has 2 aromatic rings. The third kappa shape index (κ3) is 10.1. The molecule has 0 fully saturated rings. The molecule has 0 aliphatic rings. The Labute approximate surface area is 259 Å². The van der Waals surface area contributed by atoms with Crippen LogP contribution in [0.5, 0.6) is 5.75 Å². The van der Waals surface area contributed by atoms with Crippen molar-refractivity contribution in [2.75, 3.05) is 11.6 Å². The third-order valence-electron chi connectivity index (χ3n) is 2.99. The monoisotopic (exact) mass is 511 g/mol. The summed E-state index contributed by atoms with van der Waals surface area (Å²) in [5, 5.41) is 2.24. The summed E-state index contributed by atoms with van der Waals surface area (Å²) in [5.41, 5.74) is -0.212. The van der Waals surface area contributed by atoms with Gasteiger partial charge in [0.25, 0.3) is 5.91 Å². The minimum atomic E-state index is -5.05. The Morgan fingerprint density at radius 1 is 0.966 bits per heavy atom. The van der Waals surface area contributed by atoms with Crippen LogP contribution in [0, 0.1) is 0 Å². The zero-order valence-electron chi connectivity index (χ0n) is 15.0. The number of benzene rings is 2. The van der Waals surface area contributed by atoms with Crippen molar-refractivity contribution in [3.05, 3.63) is 48.0 Å². The molecule has 9 nitrogen and oxygen atoms in total. The van der Waals surface area contributed by atoms with E-state index >= 15 is 0 Å². The van der Waals surface area contributed by atoms with Gasteiger partial charge in [-0.1, -0.05) is 13.5 Å². The topological polar surface area (TPSA) is 153 Å². The van der Waals surface area contributed by atoms with Crippen LogP contribution in [-0.2, 0) is 20.2 Å². The van der Waals surface area contributed by atoms with E-state index in [1.54, 1.807) is 12.3 Å². The summed E-state index contributed by atoms with van der Waals surface area (Å²) >= 11 is 1.05. The summed E-state index contributed by atoms with van der Waals surface area (Å²) < 4.78 is 72.1. The van der Waals surface area contributed by atoms with E-state index in [-0.39, 0.29) is 121 Å². The molecular formula is C15H15K2NO8S3. The van der Waals surface area contributed by atoms with Crippen molar-refractivity contribution in [3.8, 4) is 5.75 Å². The van der Waals surface area contributed by atoms with Gasteiger partial charge in [0.05, 0.1) is 21.8 Å². The Morgan fingerprint density at radius 3 is 1.93 bits per heavy atom. The van der Waals surface area contributed by atoms with Crippen LogP contribution in [0.4, 0.5) is 5.69 Å². The van der Waals surface area contributed by atoms with E-state index in [1.807, 2.05) is 0 Å². The van der Waals surface area contributed by atoms with Gasteiger partial charge in [-0.15, -0.1) is 0 Å². The van der Waals surface area contributed by atoms with Gasteiger partial charge >= 0.3 is 103 Å². The van der Waals surface area contributed by atoms with Crippen molar-refractivity contribution >= 4 is 43.9 Å². The molecule has 1 amide bonds. The molecule has 0 heterocycles. The van der Waals surface area contributed by atoms with Crippen molar-refractivity contribution < 1.29 is 138 Å². The van der Waals surface area contributed by atoms with Gasteiger partial charge in [0.15, 0.2) is 0 Å². The first-order valence-electron chi connectivity index (χ1n) is 6.69. The van der Waals surface area contributed by atoms with Crippen LogP contribution in [0.25, 0.3) is 0 Å². The van der Waals surface area contributed by atoms with E-state index in [0.29, 0.717) is 11.8 Å². The van der Waals surface area contributed by atoms with E-state index in [9.17, 15) is 30.7 Å². The average Bonchev–Trinajstić information content (AvgIpc) is 2.53. The van der Waals surface area contributed by atoms with Crippen LogP contribution in [0.15, 0.2) is 52.3 Å². The van der Waals surface area contributed by atoms with E-state index in [1.165, 1.54) is 18.2 Å². The largest absolute Gasteiger partial charge is 1.00 e. The van der Waals surface area contributed by atoms with Gasteiger partial charge in [-0.2, -0.15) is 0 Å². The summed E-state index contributed by atoms with van der Waals surface area (Å²) in [6.07, 6.45) is 1.67. The van der Waals surface area contributed by atoms with Gasteiger partial charge in [0.1, 0.15) is 26.0 Å². The van der Waals surface area contributed by atoms with Crippen molar-refractivity contribution in [2.45, 2.75) is 17.2 Å². The Morgan fingerprint density at radius 2 is 1.48 bits per heavy atom. The van der Waals surface area contributed by atoms with Gasteiger partial charge < -0.3 is 18.6 Å². The second kappa shape index (κ2) is 13.6. The first kappa shape index (κ1) is 32.3. The van der Waals surface area contributed by atoms with Gasteiger partial charge in [0.2, 0.25) is 0 Å². The third-order valence-corrected chi connectivity index (χ3v) is 4.98. The van der Waals surface area contributed by atoms with Crippen molar-refractivity contribution in [1.29, 1.82) is 0 Å². The Hall–Kier alpha value is 1.15. The van der Waals surface area contributed by atoms with Crippen LogP contribution in [-0.4, -0.2) is 38.1 Å². The molecule has 2 rings (SSSR count). The number of nitrogens with one attached hydrogen (secondary N) is 1. The summed E-state index contributed by atoms with van der Waals surface area (Å²) in [7, 11) is -10.1. The minimum Gasteiger partial charge on any atom is -0.744 e. The zero-order chi connectivity index (χ0) is 19.5. The number of hydrogen-bond acceptors (Lipinski definition) is 9. The molecule has 0 aliphatic heterocycles. The molecule has 0 radical (unpaired) electrons. The molecule has 14 heteroatoms. The van der Waals surface area contributed by atoms with Gasteiger partial charge in [-0.05, 0) is 36.4 Å². The van der Waals surface area contributed by atoms with E-state index in [4.69, 9.17) is 4.18 Å². The number of carbonyl (C=O) groups is 1. The smallest absolute Gasteiger partial charge is 0.744 e. The van der Waals surface area contributed by atoms with Crippen molar-refractivity contribution in [1.82, 2.24) is 0 Å². The normalized spacial score (nSPS) is 10.6. The number of hydrogen-bond donors (Lipinski definition) is 1. The molecule has 0 atom stereocenters. The Kier molecular flexibility index (Phi) is 15.2. The molecular weight excluding hydrogens is 497 g/mol. The molecule has 0 spiro atoms. The fourth-order valence-electron chi connectivity index (χ4n) is 1.92. The van der Waals surface area contributed by atoms with Crippen molar-refractivity contribution in [3.63, 3.8) is 0 Å². The molecule has 0 unspecified atom stereocenters. The van der Waals surface area contributed by atoms with Crippen molar-refractivity contribution in [2.24, 2.45) is 0 Å². The quantitative estimate of drug-likeness (QED) is 0.233. The standard InChI is InChI=1S/C14H13NO8S3.CH4.2K/c1-24-23-11-4-2-3-9(5-11)14(16)15-10-6-12(25(17,18)19)8-13(7-10)26(20,21)22;;;/h2-8H,1H3,(H,15,16)(H,17,18,19)(H,20,21,22);1H4;;/q;;2*+1/p-2. The first-order valence-corrected chi connectivity index (χ1v) is 10.7. The summed E-state index contributed by atoms with van der Waals surface area (Å²) in [6, 6.07) is 7.92. The number of amides is 1. The molecule has 0 bridgehead atoms. The SMILES string of the molecule is C.CSOc1cccc(C(=O)Nc2cc(S(=O)(=O)[O-])cc(S(=O)(=O)[O-])c2)c1.[K+].[K+]. The maximum Gasteiger partial charge on any atom is 1.00 e. The number of carbonyl (C=O) groups excluding carboxylic acids is 1. The van der Waals surface area contributed by atoms with Crippen LogP contribution in [0.3, 0.4) is 0 Å². The van der Waals surface area contributed by atoms with Gasteiger partial charge in [-0.25, -0.2) is 16.8 Å². The Bertz CT molecular complexity index is 1010. The molecule has 0 saturated carbocycles. The number of rotatable bonds is 6. The predicted octanol–water partition coefficient (Wildman–Crippen LogP) is -3.95. The molecule has 1 N–H and O–H groups in total. The zero-order valence-corrected chi connectivity index (χ0v) is 23.7. The second-order valence-corrected chi connectivity index (χ2v) is 8.09. The van der Waals surface area contributed by atoms with Crippen LogP contribution in [0.2, 0.25) is 0 Å². The summed E-state index contributed by atoms with van der Waals surface area (Å²) in [4.78, 5) is 10.4. The maximum absolute atomic E-state index is 12.3. The molecule has 2 aromatic carbocycles. The first-order chi connectivity index (χ1) is 12.0. The Balaban J connectivity index is 0. The van der Waals surface area contributed by atoms with Crippen LogP contribution < -0.4 is 112 Å². The average molecular weight is 512 g/mol. The molecule has 0 saturated heterocycles. The number of anilines is 1. The summed E-state index contributed by atoms with van der Waals surface area (Å²) in [6.45, 7) is 0. The molecule has 0 aliphatic carbocycles. The molecule has 0 aromatic heterocycles. The van der Waals surface area contributed by atoms with E-state index < -0.39 is 35.9 Å². The van der Waals surface area contributed by atoms with Gasteiger partial charge in [0, 0.05) is 17.5 Å². The predicted molar refractivity (Wildman–Crippen MR) is 97.6 cm³/mol. The minimum absolute atomic E-state index is 0. The molecule has 148 valence electrons. The second-order valence-electron chi connectivity index (χ2n) is 4.83. The van der Waals surface area contributed by atoms with Crippen LogP contribution >= 0.6 is 12.0 Å². The van der Waals surface area contributed by atoms with E-state index in [0.717, 1.165) is 24.2 Å². The van der Waals surface area contributed by atoms with Crippen LogP contribution in [0.1, 0.15) is 17.8 Å². The molecule has 29 heavy (non-hydrogen) atoms. The summed E-state index contributed by atoms with van der Waals surface area (Å²) in [5.74, 6) is -0.352. The maximum atomic E-state index is 12.3. The fourth-order valence-corrected chi connectivity index (χ4v) is 3.38. The fraction of sp³-hybridized carbons (Fsp3) is 0.133. The van der Waals surface area contributed by atoms with E-state index in [2.05, 4.69) is 5.32 Å².